The van der Waals surface area contributed by atoms with Crippen LogP contribution in [0.15, 0.2) is 42.6 Å². The highest BCUT2D eigenvalue weighted by Gasteiger charge is 2.16. The van der Waals surface area contributed by atoms with Crippen molar-refractivity contribution in [3.8, 4) is 11.3 Å². The highest BCUT2D eigenvalue weighted by atomic mass is 15.2. The number of aromatic nitrogens is 1. The van der Waals surface area contributed by atoms with Crippen molar-refractivity contribution in [1.82, 2.24) is 9.88 Å². The van der Waals surface area contributed by atoms with Crippen LogP contribution in [0, 0.1) is 6.07 Å². The van der Waals surface area contributed by atoms with E-state index in [2.05, 4.69) is 28.1 Å². The lowest BCUT2D eigenvalue weighted by Crippen LogP contribution is -2.36. The molecular formula is C15H15N2. The van der Waals surface area contributed by atoms with Crippen LogP contribution < -0.4 is 0 Å². The Labute approximate surface area is 102 Å². The maximum absolute atomic E-state index is 4.42. The number of pyridine rings is 1. The Morgan fingerprint density at radius 3 is 2.82 bits per heavy atom. The molecule has 2 aromatic rings. The summed E-state index contributed by atoms with van der Waals surface area (Å²) in [5.41, 5.74) is 3.51. The van der Waals surface area contributed by atoms with Gasteiger partial charge in [-0.2, -0.15) is 0 Å². The molecule has 1 aromatic heterocycles. The Kier molecular flexibility index (Phi) is 2.88. The third-order valence-electron chi connectivity index (χ3n) is 3.21. The van der Waals surface area contributed by atoms with Gasteiger partial charge >= 0.3 is 0 Å². The summed E-state index contributed by atoms with van der Waals surface area (Å²) >= 11 is 0. The first-order valence-electron chi connectivity index (χ1n) is 6.07. The quantitative estimate of drug-likeness (QED) is 0.795. The minimum Gasteiger partial charge on any atom is -0.299 e. The smallest absolute Gasteiger partial charge is 0.0705 e. The first-order chi connectivity index (χ1) is 8.43. The van der Waals surface area contributed by atoms with Crippen molar-refractivity contribution in [3.05, 3.63) is 54.2 Å². The van der Waals surface area contributed by atoms with Crippen molar-refractivity contribution in [2.45, 2.75) is 13.0 Å². The highest BCUT2D eigenvalue weighted by molar-refractivity contribution is 5.63. The summed E-state index contributed by atoms with van der Waals surface area (Å²) < 4.78 is 0. The number of hydrogen-bond donors (Lipinski definition) is 0. The molecule has 1 fully saturated rings. The van der Waals surface area contributed by atoms with Gasteiger partial charge in [0.1, 0.15) is 0 Å². The fraction of sp³-hybridized carbons (Fsp3) is 0.267. The van der Waals surface area contributed by atoms with Crippen LogP contribution in [-0.2, 0) is 6.54 Å². The monoisotopic (exact) mass is 223 g/mol. The van der Waals surface area contributed by atoms with Crippen LogP contribution in [0.1, 0.15) is 12.0 Å². The highest BCUT2D eigenvalue weighted by Crippen LogP contribution is 2.23. The second-order valence-corrected chi connectivity index (χ2v) is 4.41. The maximum atomic E-state index is 4.42. The Hall–Kier alpha value is -1.67. The molecule has 2 heterocycles. The molecule has 1 aliphatic heterocycles. The molecule has 3 rings (SSSR count). The lowest BCUT2D eigenvalue weighted by Gasteiger charge is -2.31. The van der Waals surface area contributed by atoms with Crippen LogP contribution in [0.4, 0.5) is 0 Å². The van der Waals surface area contributed by atoms with E-state index in [0.29, 0.717) is 0 Å². The maximum Gasteiger partial charge on any atom is 0.0705 e. The van der Waals surface area contributed by atoms with Crippen LogP contribution in [-0.4, -0.2) is 23.0 Å². The van der Waals surface area contributed by atoms with E-state index >= 15 is 0 Å². The molecule has 0 bridgehead atoms. The summed E-state index contributed by atoms with van der Waals surface area (Å²) in [6.07, 6.45) is 3.17. The molecule has 0 saturated carbocycles. The normalized spacial score (nSPS) is 15.5. The van der Waals surface area contributed by atoms with Gasteiger partial charge in [0.05, 0.1) is 5.69 Å². The van der Waals surface area contributed by atoms with E-state index in [-0.39, 0.29) is 0 Å². The molecule has 1 saturated heterocycles. The lowest BCUT2D eigenvalue weighted by atomic mass is 10.0. The standard InChI is InChI=1S/C15H15N2/c1-2-7-14(15-8-3-4-9-16-15)13(6-1)12-17-10-5-11-17/h1-4,7-9H,5,10-12H2. The SMILES string of the molecule is [c]1cccc(-c2ccccn2)c1CN1CCC1. The van der Waals surface area contributed by atoms with Crippen LogP contribution in [0.2, 0.25) is 0 Å². The third-order valence-corrected chi connectivity index (χ3v) is 3.21. The molecule has 1 aromatic carbocycles. The molecule has 0 atom stereocenters. The van der Waals surface area contributed by atoms with Crippen molar-refractivity contribution in [3.63, 3.8) is 0 Å². The van der Waals surface area contributed by atoms with Gasteiger partial charge in [-0.15, -0.1) is 0 Å². The Morgan fingerprint density at radius 1 is 1.18 bits per heavy atom. The molecule has 85 valence electrons. The molecule has 0 aliphatic carbocycles. The molecule has 0 spiro atoms. The van der Waals surface area contributed by atoms with Gasteiger partial charge in [0, 0.05) is 18.3 Å². The molecule has 1 radical (unpaired) electrons. The largest absolute Gasteiger partial charge is 0.299 e. The van der Waals surface area contributed by atoms with Crippen LogP contribution in [0.25, 0.3) is 11.3 Å². The summed E-state index contributed by atoms with van der Waals surface area (Å²) in [6, 6.07) is 15.5. The van der Waals surface area contributed by atoms with Crippen molar-refractivity contribution < 1.29 is 0 Å². The van der Waals surface area contributed by atoms with E-state index in [0.717, 1.165) is 12.2 Å². The van der Waals surface area contributed by atoms with Crippen LogP contribution >= 0.6 is 0 Å². The molecule has 2 nitrogen and oxygen atoms in total. The molecule has 2 heteroatoms. The average Bonchev–Trinajstić information content (AvgIpc) is 2.35. The first-order valence-corrected chi connectivity index (χ1v) is 6.07. The van der Waals surface area contributed by atoms with Crippen LogP contribution in [0.5, 0.6) is 0 Å². The molecule has 1 aliphatic rings. The molecule has 0 unspecified atom stereocenters. The second kappa shape index (κ2) is 4.68. The molecule has 17 heavy (non-hydrogen) atoms. The van der Waals surface area contributed by atoms with Gasteiger partial charge in [-0.05, 0) is 43.3 Å². The Balaban J connectivity index is 1.92. The third kappa shape index (κ3) is 2.22. The summed E-state index contributed by atoms with van der Waals surface area (Å²) in [5.74, 6) is 0. The van der Waals surface area contributed by atoms with Gasteiger partial charge in [-0.3, -0.25) is 9.88 Å². The van der Waals surface area contributed by atoms with E-state index in [1.807, 2.05) is 30.5 Å². The van der Waals surface area contributed by atoms with Crippen molar-refractivity contribution in [1.29, 1.82) is 0 Å². The minimum atomic E-state index is 0.993. The predicted molar refractivity (Wildman–Crippen MR) is 68.4 cm³/mol. The zero-order chi connectivity index (χ0) is 11.5. The van der Waals surface area contributed by atoms with Gasteiger partial charge < -0.3 is 0 Å². The number of rotatable bonds is 3. The molecule has 0 amide bonds. The fourth-order valence-electron chi connectivity index (χ4n) is 2.13. The number of benzene rings is 1. The van der Waals surface area contributed by atoms with Gasteiger partial charge in [0.15, 0.2) is 0 Å². The predicted octanol–water partition coefficient (Wildman–Crippen LogP) is 2.75. The summed E-state index contributed by atoms with van der Waals surface area (Å²) in [6.45, 7) is 3.42. The van der Waals surface area contributed by atoms with E-state index in [1.165, 1.54) is 30.6 Å². The first kappa shape index (κ1) is 10.5. The van der Waals surface area contributed by atoms with Crippen LogP contribution in [0.3, 0.4) is 0 Å². The van der Waals surface area contributed by atoms with Gasteiger partial charge in [0.2, 0.25) is 0 Å². The summed E-state index contributed by atoms with van der Waals surface area (Å²) in [4.78, 5) is 6.86. The van der Waals surface area contributed by atoms with Gasteiger partial charge in [0.25, 0.3) is 0 Å². The summed E-state index contributed by atoms with van der Waals surface area (Å²) in [5, 5.41) is 0. The summed E-state index contributed by atoms with van der Waals surface area (Å²) in [7, 11) is 0. The zero-order valence-corrected chi connectivity index (χ0v) is 9.76. The number of nitrogens with zero attached hydrogens (tertiary/aromatic N) is 2. The Morgan fingerprint density at radius 2 is 2.12 bits per heavy atom. The zero-order valence-electron chi connectivity index (χ0n) is 9.76. The number of likely N-dealkylation sites (tertiary alicyclic amines) is 1. The van der Waals surface area contributed by atoms with Crippen molar-refractivity contribution in [2.75, 3.05) is 13.1 Å². The second-order valence-electron chi connectivity index (χ2n) is 4.41. The topological polar surface area (TPSA) is 16.1 Å². The van der Waals surface area contributed by atoms with E-state index < -0.39 is 0 Å². The van der Waals surface area contributed by atoms with E-state index in [4.69, 9.17) is 0 Å². The van der Waals surface area contributed by atoms with Gasteiger partial charge in [-0.25, -0.2) is 0 Å². The van der Waals surface area contributed by atoms with E-state index in [9.17, 15) is 0 Å². The number of hydrogen-bond acceptors (Lipinski definition) is 2. The van der Waals surface area contributed by atoms with Crippen molar-refractivity contribution in [2.24, 2.45) is 0 Å². The fourth-order valence-corrected chi connectivity index (χ4v) is 2.13. The average molecular weight is 223 g/mol. The van der Waals surface area contributed by atoms with Gasteiger partial charge in [-0.1, -0.05) is 24.3 Å². The van der Waals surface area contributed by atoms with E-state index in [1.54, 1.807) is 0 Å². The lowest BCUT2D eigenvalue weighted by molar-refractivity contribution is 0.173. The minimum absolute atomic E-state index is 0.993. The van der Waals surface area contributed by atoms with Crippen molar-refractivity contribution >= 4 is 0 Å². The Bertz CT molecular complexity index is 489. The molecule has 0 N–H and O–H groups in total. The molecular weight excluding hydrogens is 208 g/mol.